The van der Waals surface area contributed by atoms with E-state index in [2.05, 4.69) is 76.0 Å². The van der Waals surface area contributed by atoms with Crippen molar-refractivity contribution in [3.8, 4) is 0 Å². The number of piperidine rings is 2. The standard InChI is InChI=1S/C38H41N5O2/c1-26-39-33-12-5-6-13-34(33)43(26)31-24-29-15-16-30(25-31)42(29)23-20-38(28-9-3-2-4-10-28)18-21-41(22-19-38)37(45)32-11-7-8-27-14-17-35(44)40-36(27)32/h2-14,17,29-31H,15-16,18-25H2,1H3,(H,40,44)/t29-,30+,31?. The monoisotopic (exact) mass is 599 g/mol. The molecule has 3 aliphatic heterocycles. The molecule has 2 bridgehead atoms. The predicted molar refractivity (Wildman–Crippen MR) is 179 cm³/mol. The first kappa shape index (κ1) is 28.3. The van der Waals surface area contributed by atoms with Crippen molar-refractivity contribution >= 4 is 27.8 Å². The third-order valence-corrected chi connectivity index (χ3v) is 11.2. The lowest BCUT2D eigenvalue weighted by Gasteiger charge is -2.45. The molecule has 3 aromatic carbocycles. The molecule has 230 valence electrons. The van der Waals surface area contributed by atoms with Gasteiger partial charge >= 0.3 is 0 Å². The molecule has 1 unspecified atom stereocenters. The van der Waals surface area contributed by atoms with Crippen molar-refractivity contribution in [2.24, 2.45) is 0 Å². The van der Waals surface area contributed by atoms with Gasteiger partial charge in [0.2, 0.25) is 5.56 Å². The number of likely N-dealkylation sites (tertiary alicyclic amines) is 1. The van der Waals surface area contributed by atoms with Gasteiger partial charge < -0.3 is 14.5 Å². The molecular formula is C38H41N5O2. The van der Waals surface area contributed by atoms with Gasteiger partial charge in [0.05, 0.1) is 22.1 Å². The molecule has 8 rings (SSSR count). The van der Waals surface area contributed by atoms with Gasteiger partial charge in [-0.1, -0.05) is 54.6 Å². The minimum atomic E-state index is -0.184. The van der Waals surface area contributed by atoms with Gasteiger partial charge in [-0.2, -0.15) is 0 Å². The molecule has 0 spiro atoms. The quantitative estimate of drug-likeness (QED) is 0.238. The van der Waals surface area contributed by atoms with E-state index in [-0.39, 0.29) is 16.9 Å². The summed E-state index contributed by atoms with van der Waals surface area (Å²) in [6.07, 6.45) is 7.91. The topological polar surface area (TPSA) is 74.2 Å². The van der Waals surface area contributed by atoms with E-state index < -0.39 is 0 Å². The second kappa shape index (κ2) is 11.3. The van der Waals surface area contributed by atoms with Crippen molar-refractivity contribution in [1.82, 2.24) is 24.3 Å². The van der Waals surface area contributed by atoms with Crippen LogP contribution in [0.25, 0.3) is 21.9 Å². The van der Waals surface area contributed by atoms with Crippen LogP contribution < -0.4 is 5.56 Å². The zero-order valence-corrected chi connectivity index (χ0v) is 26.0. The zero-order valence-electron chi connectivity index (χ0n) is 26.0. The Labute approximate surface area is 263 Å². The SMILES string of the molecule is Cc1nc2ccccc2n1C1C[C@H]2CC[C@@H](C1)N2CCC1(c2ccccc2)CCN(C(=O)c2cccc3ccc(=O)[nH]c23)CC1. The van der Waals surface area contributed by atoms with Crippen LogP contribution in [0.1, 0.15) is 72.7 Å². The molecule has 1 amide bonds. The number of aryl methyl sites for hydroxylation is 1. The van der Waals surface area contributed by atoms with Gasteiger partial charge in [-0.25, -0.2) is 4.98 Å². The van der Waals surface area contributed by atoms with E-state index in [4.69, 9.17) is 4.98 Å². The van der Waals surface area contributed by atoms with Gasteiger partial charge in [0.25, 0.3) is 5.91 Å². The van der Waals surface area contributed by atoms with E-state index >= 15 is 0 Å². The van der Waals surface area contributed by atoms with E-state index in [0.29, 0.717) is 42.3 Å². The molecule has 7 nitrogen and oxygen atoms in total. The fourth-order valence-electron chi connectivity index (χ4n) is 8.93. The van der Waals surface area contributed by atoms with Crippen molar-refractivity contribution in [3.63, 3.8) is 0 Å². The van der Waals surface area contributed by atoms with Crippen LogP contribution in [-0.4, -0.2) is 62.0 Å². The predicted octanol–water partition coefficient (Wildman–Crippen LogP) is 6.62. The fraction of sp³-hybridized carbons (Fsp3) is 0.395. The van der Waals surface area contributed by atoms with E-state index in [9.17, 15) is 9.59 Å². The zero-order chi connectivity index (χ0) is 30.5. The Bertz CT molecular complexity index is 1910. The van der Waals surface area contributed by atoms with Crippen molar-refractivity contribution in [1.29, 1.82) is 0 Å². The Balaban J connectivity index is 0.995. The lowest BCUT2D eigenvalue weighted by molar-refractivity contribution is 0.0608. The molecule has 5 heterocycles. The Morgan fingerprint density at radius 1 is 0.867 bits per heavy atom. The molecule has 3 saturated heterocycles. The highest BCUT2D eigenvalue weighted by atomic mass is 16.2. The molecule has 2 aromatic heterocycles. The number of aromatic amines is 1. The summed E-state index contributed by atoms with van der Waals surface area (Å²) in [6, 6.07) is 30.3. The number of rotatable bonds is 6. The number of hydrogen-bond acceptors (Lipinski definition) is 4. The van der Waals surface area contributed by atoms with Gasteiger partial charge in [0.15, 0.2) is 0 Å². The molecule has 5 aromatic rings. The normalized spacial score (nSPS) is 23.1. The highest BCUT2D eigenvalue weighted by Crippen LogP contribution is 2.45. The highest BCUT2D eigenvalue weighted by Gasteiger charge is 2.44. The summed E-state index contributed by atoms with van der Waals surface area (Å²) in [5, 5.41) is 0.880. The minimum Gasteiger partial charge on any atom is -0.339 e. The molecule has 3 aliphatic rings. The Morgan fingerprint density at radius 2 is 1.60 bits per heavy atom. The molecule has 0 saturated carbocycles. The van der Waals surface area contributed by atoms with Crippen LogP contribution in [0.15, 0.2) is 89.7 Å². The first-order chi connectivity index (χ1) is 22.0. The molecule has 3 fully saturated rings. The fourth-order valence-corrected chi connectivity index (χ4v) is 8.93. The van der Waals surface area contributed by atoms with Crippen LogP contribution in [0.4, 0.5) is 0 Å². The summed E-state index contributed by atoms with van der Waals surface area (Å²) in [4.78, 5) is 38.5. The van der Waals surface area contributed by atoms with E-state index in [1.165, 1.54) is 42.8 Å². The van der Waals surface area contributed by atoms with Crippen LogP contribution >= 0.6 is 0 Å². The number of hydrogen-bond donors (Lipinski definition) is 1. The van der Waals surface area contributed by atoms with Gasteiger partial charge in [-0.3, -0.25) is 14.5 Å². The number of benzene rings is 3. The van der Waals surface area contributed by atoms with Crippen molar-refractivity contribution in [2.75, 3.05) is 19.6 Å². The average molecular weight is 600 g/mol. The summed E-state index contributed by atoms with van der Waals surface area (Å²) in [5.74, 6) is 1.14. The number of H-pyrrole nitrogens is 1. The van der Waals surface area contributed by atoms with Crippen LogP contribution in [0, 0.1) is 6.92 Å². The van der Waals surface area contributed by atoms with Gasteiger partial charge in [0.1, 0.15) is 5.82 Å². The van der Waals surface area contributed by atoms with Crippen LogP contribution in [-0.2, 0) is 5.41 Å². The number of para-hydroxylation sites is 3. The highest BCUT2D eigenvalue weighted by molar-refractivity contribution is 6.05. The maximum Gasteiger partial charge on any atom is 0.255 e. The van der Waals surface area contributed by atoms with Gasteiger partial charge in [-0.15, -0.1) is 0 Å². The maximum absolute atomic E-state index is 13.8. The third kappa shape index (κ3) is 4.98. The summed E-state index contributed by atoms with van der Waals surface area (Å²) in [5.41, 5.74) is 4.84. The molecular weight excluding hydrogens is 558 g/mol. The van der Waals surface area contributed by atoms with E-state index in [1.807, 2.05) is 23.1 Å². The largest absolute Gasteiger partial charge is 0.339 e. The molecule has 0 aliphatic carbocycles. The first-order valence-corrected chi connectivity index (χ1v) is 16.7. The smallest absolute Gasteiger partial charge is 0.255 e. The minimum absolute atomic E-state index is 0.00606. The second-order valence-electron chi connectivity index (χ2n) is 13.5. The van der Waals surface area contributed by atoms with Gasteiger partial charge in [-0.05, 0) is 99.0 Å². The van der Waals surface area contributed by atoms with Crippen molar-refractivity contribution < 1.29 is 4.79 Å². The van der Waals surface area contributed by atoms with Crippen molar-refractivity contribution in [2.45, 2.75) is 75.4 Å². The number of carbonyl (C=O) groups is 1. The lowest BCUT2D eigenvalue weighted by Crippen LogP contribution is -2.49. The number of pyridine rings is 1. The Hall–Kier alpha value is -4.23. The Kier molecular flexibility index (Phi) is 7.09. The number of carbonyl (C=O) groups excluding carboxylic acids is 1. The van der Waals surface area contributed by atoms with Crippen LogP contribution in [0.3, 0.4) is 0 Å². The third-order valence-electron chi connectivity index (χ3n) is 11.2. The summed E-state index contributed by atoms with van der Waals surface area (Å²) in [7, 11) is 0. The molecule has 1 N–H and O–H groups in total. The molecule has 45 heavy (non-hydrogen) atoms. The van der Waals surface area contributed by atoms with Crippen molar-refractivity contribution in [3.05, 3.63) is 112 Å². The number of fused-ring (bicyclic) bond motifs is 4. The average Bonchev–Trinajstić information content (AvgIpc) is 3.53. The number of amides is 1. The molecule has 3 atom stereocenters. The second-order valence-corrected chi connectivity index (χ2v) is 13.5. The Morgan fingerprint density at radius 3 is 2.38 bits per heavy atom. The molecule has 7 heteroatoms. The van der Waals surface area contributed by atoms with Gasteiger partial charge in [0, 0.05) is 37.3 Å². The number of nitrogens with one attached hydrogen (secondary N) is 1. The summed E-state index contributed by atoms with van der Waals surface area (Å²) in [6.45, 7) is 4.68. The van der Waals surface area contributed by atoms with E-state index in [1.54, 1.807) is 6.07 Å². The number of nitrogens with zero attached hydrogens (tertiary/aromatic N) is 4. The van der Waals surface area contributed by atoms with Crippen LogP contribution in [0.2, 0.25) is 0 Å². The summed E-state index contributed by atoms with van der Waals surface area (Å²) < 4.78 is 2.52. The first-order valence-electron chi connectivity index (χ1n) is 16.7. The van der Waals surface area contributed by atoms with E-state index in [0.717, 1.165) is 42.5 Å². The lowest BCUT2D eigenvalue weighted by atomic mass is 9.70. The molecule has 0 radical (unpaired) electrons. The maximum atomic E-state index is 13.8. The van der Waals surface area contributed by atoms with Crippen LogP contribution in [0.5, 0.6) is 0 Å². The number of aromatic nitrogens is 3. The number of imidazole rings is 1. The summed E-state index contributed by atoms with van der Waals surface area (Å²) >= 11 is 0.